The zero-order chi connectivity index (χ0) is 17.5. The first-order valence-corrected chi connectivity index (χ1v) is 8.29. The predicted molar refractivity (Wildman–Crippen MR) is 85.6 cm³/mol. The van der Waals surface area contributed by atoms with E-state index in [-0.39, 0.29) is 25.2 Å². The lowest BCUT2D eigenvalue weighted by Crippen LogP contribution is -2.47. The molecular formula is C17H24F2N2O3. The second-order valence-electron chi connectivity index (χ2n) is 5.87. The van der Waals surface area contributed by atoms with Crippen LogP contribution in [-0.2, 0) is 4.74 Å². The minimum Gasteiger partial charge on any atom is -0.395 e. The van der Waals surface area contributed by atoms with Gasteiger partial charge in [-0.1, -0.05) is 19.4 Å². The molecule has 1 aromatic rings. The summed E-state index contributed by atoms with van der Waals surface area (Å²) in [4.78, 5) is 14.0. The molecule has 24 heavy (non-hydrogen) atoms. The standard InChI is InChI=1S/C17H24F2N2O3/c1-2-3-7-21(8-9-22)17(23)20-15-6-10-24-16(15)12-4-5-13(18)14(19)11-12/h4-5,11,15-16,22H,2-3,6-10H2,1H3,(H,20,23). The highest BCUT2D eigenvalue weighted by atomic mass is 19.2. The highest BCUT2D eigenvalue weighted by Gasteiger charge is 2.32. The Morgan fingerprint density at radius 3 is 2.83 bits per heavy atom. The maximum absolute atomic E-state index is 13.4. The quantitative estimate of drug-likeness (QED) is 0.801. The van der Waals surface area contributed by atoms with Crippen LogP contribution in [-0.4, -0.2) is 48.4 Å². The number of carbonyl (C=O) groups is 1. The number of nitrogens with zero attached hydrogens (tertiary/aromatic N) is 1. The van der Waals surface area contributed by atoms with Crippen molar-refractivity contribution in [2.75, 3.05) is 26.3 Å². The van der Waals surface area contributed by atoms with E-state index in [1.54, 1.807) is 4.90 Å². The zero-order valence-electron chi connectivity index (χ0n) is 13.8. The average Bonchev–Trinajstić information content (AvgIpc) is 3.02. The molecule has 1 aromatic carbocycles. The second kappa shape index (κ2) is 8.94. The van der Waals surface area contributed by atoms with E-state index in [0.717, 1.165) is 25.0 Å². The number of aliphatic hydroxyl groups excluding tert-OH is 1. The van der Waals surface area contributed by atoms with Gasteiger partial charge >= 0.3 is 6.03 Å². The van der Waals surface area contributed by atoms with Crippen LogP contribution in [0.15, 0.2) is 18.2 Å². The van der Waals surface area contributed by atoms with Crippen molar-refractivity contribution in [1.82, 2.24) is 10.2 Å². The van der Waals surface area contributed by atoms with Crippen molar-refractivity contribution in [1.29, 1.82) is 0 Å². The summed E-state index contributed by atoms with van der Waals surface area (Å²) in [5, 5.41) is 12.0. The number of rotatable bonds is 7. The maximum Gasteiger partial charge on any atom is 0.317 e. The maximum atomic E-state index is 13.4. The van der Waals surface area contributed by atoms with E-state index >= 15 is 0 Å². The molecule has 0 bridgehead atoms. The number of urea groups is 1. The van der Waals surface area contributed by atoms with Crippen molar-refractivity contribution in [3.63, 3.8) is 0 Å². The lowest BCUT2D eigenvalue weighted by molar-refractivity contribution is 0.0971. The lowest BCUT2D eigenvalue weighted by atomic mass is 10.0. The molecule has 0 radical (unpaired) electrons. The van der Waals surface area contributed by atoms with Crippen LogP contribution in [0, 0.1) is 11.6 Å². The largest absolute Gasteiger partial charge is 0.395 e. The Hall–Kier alpha value is -1.73. The molecule has 0 aromatic heterocycles. The van der Waals surface area contributed by atoms with Gasteiger partial charge in [0, 0.05) is 19.7 Å². The molecule has 1 saturated heterocycles. The van der Waals surface area contributed by atoms with Gasteiger partial charge in [-0.15, -0.1) is 0 Å². The highest BCUT2D eigenvalue weighted by molar-refractivity contribution is 5.74. The molecule has 2 atom stereocenters. The Balaban J connectivity index is 2.03. The van der Waals surface area contributed by atoms with E-state index in [1.807, 2.05) is 6.92 Å². The number of ether oxygens (including phenoxy) is 1. The van der Waals surface area contributed by atoms with Gasteiger partial charge in [-0.05, 0) is 30.5 Å². The molecule has 1 fully saturated rings. The van der Waals surface area contributed by atoms with Crippen LogP contribution in [0.4, 0.5) is 13.6 Å². The minimum atomic E-state index is -0.932. The number of halogens is 2. The number of hydrogen-bond donors (Lipinski definition) is 2. The Kier molecular flexibility index (Phi) is 6.93. The predicted octanol–water partition coefficient (Wildman–Crippen LogP) is 2.60. The monoisotopic (exact) mass is 342 g/mol. The third-order valence-corrected chi connectivity index (χ3v) is 4.11. The summed E-state index contributed by atoms with van der Waals surface area (Å²) in [5.41, 5.74) is 0.499. The first-order chi connectivity index (χ1) is 11.6. The fraction of sp³-hybridized carbons (Fsp3) is 0.588. The Morgan fingerprint density at radius 2 is 2.17 bits per heavy atom. The highest BCUT2D eigenvalue weighted by Crippen LogP contribution is 2.30. The van der Waals surface area contributed by atoms with Gasteiger partial charge in [0.25, 0.3) is 0 Å². The summed E-state index contributed by atoms with van der Waals surface area (Å²) in [6.07, 6.45) is 1.88. The van der Waals surface area contributed by atoms with E-state index < -0.39 is 17.7 Å². The third-order valence-electron chi connectivity index (χ3n) is 4.11. The summed E-state index contributed by atoms with van der Waals surface area (Å²) >= 11 is 0. The molecule has 1 heterocycles. The van der Waals surface area contributed by atoms with Crippen molar-refractivity contribution in [3.05, 3.63) is 35.4 Å². The summed E-state index contributed by atoms with van der Waals surface area (Å²) < 4.78 is 32.1. The van der Waals surface area contributed by atoms with Crippen molar-refractivity contribution >= 4 is 6.03 Å². The molecular weight excluding hydrogens is 318 g/mol. The molecule has 1 aliphatic heterocycles. The number of carbonyl (C=O) groups excluding carboxylic acids is 1. The van der Waals surface area contributed by atoms with Crippen molar-refractivity contribution in [2.45, 2.75) is 38.3 Å². The number of unbranched alkanes of at least 4 members (excludes halogenated alkanes) is 1. The van der Waals surface area contributed by atoms with E-state index in [1.165, 1.54) is 6.07 Å². The molecule has 134 valence electrons. The van der Waals surface area contributed by atoms with Crippen LogP contribution in [0.2, 0.25) is 0 Å². The van der Waals surface area contributed by atoms with E-state index in [0.29, 0.717) is 25.1 Å². The van der Waals surface area contributed by atoms with E-state index in [4.69, 9.17) is 9.84 Å². The molecule has 0 saturated carbocycles. The van der Waals surface area contributed by atoms with Gasteiger partial charge in [0.2, 0.25) is 0 Å². The lowest BCUT2D eigenvalue weighted by Gasteiger charge is -2.26. The Morgan fingerprint density at radius 1 is 1.38 bits per heavy atom. The smallest absolute Gasteiger partial charge is 0.317 e. The summed E-state index contributed by atoms with van der Waals surface area (Å²) in [7, 11) is 0. The number of nitrogens with one attached hydrogen (secondary N) is 1. The van der Waals surface area contributed by atoms with Gasteiger partial charge in [-0.3, -0.25) is 0 Å². The van der Waals surface area contributed by atoms with Gasteiger partial charge in [0.1, 0.15) is 6.10 Å². The van der Waals surface area contributed by atoms with Crippen LogP contribution in [0.5, 0.6) is 0 Å². The summed E-state index contributed by atoms with van der Waals surface area (Å²) in [5.74, 6) is -1.84. The molecule has 2 unspecified atom stereocenters. The normalized spacial score (nSPS) is 20.2. The van der Waals surface area contributed by atoms with Crippen LogP contribution < -0.4 is 5.32 Å². The molecule has 5 nitrogen and oxygen atoms in total. The molecule has 0 aliphatic carbocycles. The zero-order valence-corrected chi connectivity index (χ0v) is 13.8. The topological polar surface area (TPSA) is 61.8 Å². The van der Waals surface area contributed by atoms with Gasteiger partial charge in [0.05, 0.1) is 12.6 Å². The second-order valence-corrected chi connectivity index (χ2v) is 5.87. The van der Waals surface area contributed by atoms with Crippen LogP contribution in [0.3, 0.4) is 0 Å². The van der Waals surface area contributed by atoms with Crippen LogP contribution in [0.1, 0.15) is 37.9 Å². The summed E-state index contributed by atoms with van der Waals surface area (Å²) in [6.45, 7) is 3.18. The van der Waals surface area contributed by atoms with Gasteiger partial charge in [-0.2, -0.15) is 0 Å². The number of hydrogen-bond acceptors (Lipinski definition) is 3. The SMILES string of the molecule is CCCCN(CCO)C(=O)NC1CCOC1c1ccc(F)c(F)c1. The van der Waals surface area contributed by atoms with Gasteiger partial charge in [-0.25, -0.2) is 13.6 Å². The third kappa shape index (κ3) is 4.64. The first-order valence-electron chi connectivity index (χ1n) is 8.29. The van der Waals surface area contributed by atoms with Crippen molar-refractivity contribution in [2.24, 2.45) is 0 Å². The number of aliphatic hydroxyl groups is 1. The van der Waals surface area contributed by atoms with Crippen LogP contribution in [0.25, 0.3) is 0 Å². The molecule has 2 rings (SSSR count). The number of amides is 2. The molecule has 0 spiro atoms. The Labute approximate surface area is 140 Å². The van der Waals surface area contributed by atoms with Crippen LogP contribution >= 0.6 is 0 Å². The minimum absolute atomic E-state index is 0.106. The molecule has 2 amide bonds. The first kappa shape index (κ1) is 18.6. The Bertz CT molecular complexity index is 557. The van der Waals surface area contributed by atoms with E-state index in [9.17, 15) is 13.6 Å². The summed E-state index contributed by atoms with van der Waals surface area (Å²) in [6, 6.07) is 3.04. The average molecular weight is 342 g/mol. The van der Waals surface area contributed by atoms with Crippen molar-refractivity contribution < 1.29 is 23.4 Å². The molecule has 2 N–H and O–H groups in total. The van der Waals surface area contributed by atoms with Gasteiger partial charge in [0.15, 0.2) is 11.6 Å². The van der Waals surface area contributed by atoms with Gasteiger partial charge < -0.3 is 20.1 Å². The van der Waals surface area contributed by atoms with E-state index in [2.05, 4.69) is 5.32 Å². The fourth-order valence-corrected chi connectivity index (χ4v) is 2.79. The number of benzene rings is 1. The molecule has 1 aliphatic rings. The van der Waals surface area contributed by atoms with Crippen molar-refractivity contribution in [3.8, 4) is 0 Å². The molecule has 7 heteroatoms. The fourth-order valence-electron chi connectivity index (χ4n) is 2.79.